The first-order valence-electron chi connectivity index (χ1n) is 11.2. The van der Waals surface area contributed by atoms with Crippen molar-refractivity contribution in [1.29, 1.82) is 0 Å². The molecule has 0 aliphatic rings. The summed E-state index contributed by atoms with van der Waals surface area (Å²) in [5, 5.41) is 14.4. The largest absolute Gasteiger partial charge is 0.494 e. The van der Waals surface area contributed by atoms with Gasteiger partial charge in [-0.25, -0.2) is 4.68 Å². The highest BCUT2D eigenvalue weighted by Crippen LogP contribution is 2.33. The van der Waals surface area contributed by atoms with Gasteiger partial charge in [0.1, 0.15) is 23.4 Å². The number of ether oxygens (including phenoxy) is 2. The molecule has 2 aromatic heterocycles. The Balaban J connectivity index is 1.32. The van der Waals surface area contributed by atoms with Gasteiger partial charge in [0.25, 0.3) is 5.91 Å². The molecule has 10 heteroatoms. The first-order valence-corrected chi connectivity index (χ1v) is 11.2. The number of aromatic nitrogens is 4. The average Bonchev–Trinajstić information content (AvgIpc) is 3.57. The molecular formula is C26H21N5O5. The van der Waals surface area contributed by atoms with Gasteiger partial charge in [-0.1, -0.05) is 12.1 Å². The molecule has 0 saturated carbocycles. The Morgan fingerprint density at radius 3 is 2.39 bits per heavy atom. The van der Waals surface area contributed by atoms with Crippen molar-refractivity contribution in [1.82, 2.24) is 20.2 Å². The van der Waals surface area contributed by atoms with Crippen LogP contribution in [0.1, 0.15) is 23.0 Å². The summed E-state index contributed by atoms with van der Waals surface area (Å²) in [6, 6.07) is 20.8. The van der Waals surface area contributed by atoms with Crippen molar-refractivity contribution in [2.75, 3.05) is 18.5 Å². The van der Waals surface area contributed by atoms with Crippen LogP contribution in [0, 0.1) is 0 Å². The second-order valence-corrected chi connectivity index (χ2v) is 7.67. The SMILES string of the molecule is CCOc1ccc(C(=O)c2oc3ccccc3c2NC(=O)COc2ccc(-n3cnnn3)cc2)cc1. The van der Waals surface area contributed by atoms with Crippen molar-refractivity contribution in [3.63, 3.8) is 0 Å². The molecule has 0 radical (unpaired) electrons. The van der Waals surface area contributed by atoms with E-state index in [9.17, 15) is 9.59 Å². The first-order chi connectivity index (χ1) is 17.6. The highest BCUT2D eigenvalue weighted by molar-refractivity contribution is 6.17. The van der Waals surface area contributed by atoms with E-state index in [4.69, 9.17) is 13.9 Å². The van der Waals surface area contributed by atoms with Crippen LogP contribution in [0.15, 0.2) is 83.5 Å². The van der Waals surface area contributed by atoms with Gasteiger partial charge in [0.2, 0.25) is 5.78 Å². The van der Waals surface area contributed by atoms with Crippen LogP contribution in [-0.4, -0.2) is 45.1 Å². The van der Waals surface area contributed by atoms with Crippen molar-refractivity contribution in [2.45, 2.75) is 6.92 Å². The molecule has 0 aliphatic carbocycles. The number of anilines is 1. The number of carbonyl (C=O) groups excluding carboxylic acids is 2. The number of furan rings is 1. The van der Waals surface area contributed by atoms with Gasteiger partial charge in [-0.05, 0) is 78.0 Å². The molecule has 0 fully saturated rings. The van der Waals surface area contributed by atoms with Crippen LogP contribution >= 0.6 is 0 Å². The quantitative estimate of drug-likeness (QED) is 0.312. The molecular weight excluding hydrogens is 462 g/mol. The molecule has 0 atom stereocenters. The van der Waals surface area contributed by atoms with Crippen LogP contribution < -0.4 is 14.8 Å². The second-order valence-electron chi connectivity index (χ2n) is 7.67. The molecule has 36 heavy (non-hydrogen) atoms. The van der Waals surface area contributed by atoms with E-state index >= 15 is 0 Å². The normalized spacial score (nSPS) is 10.8. The predicted molar refractivity (Wildman–Crippen MR) is 131 cm³/mol. The van der Waals surface area contributed by atoms with Gasteiger partial charge in [-0.2, -0.15) is 0 Å². The molecule has 10 nitrogen and oxygen atoms in total. The van der Waals surface area contributed by atoms with Gasteiger partial charge >= 0.3 is 0 Å². The van der Waals surface area contributed by atoms with Crippen molar-refractivity contribution in [3.8, 4) is 17.2 Å². The van der Waals surface area contributed by atoms with Crippen LogP contribution in [0.3, 0.4) is 0 Å². The summed E-state index contributed by atoms with van der Waals surface area (Å²) >= 11 is 0. The summed E-state index contributed by atoms with van der Waals surface area (Å²) in [6.45, 7) is 2.15. The van der Waals surface area contributed by atoms with Crippen LogP contribution in [0.2, 0.25) is 0 Å². The molecule has 0 unspecified atom stereocenters. The first kappa shape index (κ1) is 22.8. The number of fused-ring (bicyclic) bond motifs is 1. The lowest BCUT2D eigenvalue weighted by Crippen LogP contribution is -2.21. The van der Waals surface area contributed by atoms with Crippen molar-refractivity contribution < 1.29 is 23.5 Å². The van der Waals surface area contributed by atoms with Gasteiger partial charge in [0.05, 0.1) is 18.0 Å². The number of nitrogens with one attached hydrogen (secondary N) is 1. The van der Waals surface area contributed by atoms with Crippen molar-refractivity contribution in [3.05, 3.63) is 90.4 Å². The number of tetrazole rings is 1. The number of benzene rings is 3. The Hall–Kier alpha value is -4.99. The smallest absolute Gasteiger partial charge is 0.262 e. The Labute approximate surface area is 205 Å². The minimum Gasteiger partial charge on any atom is -0.494 e. The number of ketones is 1. The second kappa shape index (κ2) is 10.1. The minimum atomic E-state index is -0.438. The molecule has 1 N–H and O–H groups in total. The van der Waals surface area contributed by atoms with E-state index in [0.29, 0.717) is 40.3 Å². The number of amides is 1. The number of hydrogen-bond donors (Lipinski definition) is 1. The Morgan fingerprint density at radius 1 is 0.944 bits per heavy atom. The molecule has 0 spiro atoms. The Kier molecular flexibility index (Phi) is 6.39. The molecule has 180 valence electrons. The Morgan fingerprint density at radius 2 is 1.67 bits per heavy atom. The molecule has 3 aromatic carbocycles. The fraction of sp³-hybridized carbons (Fsp3) is 0.115. The van der Waals surface area contributed by atoms with E-state index in [1.807, 2.05) is 6.92 Å². The molecule has 0 saturated heterocycles. The van der Waals surface area contributed by atoms with Crippen LogP contribution in [-0.2, 0) is 4.79 Å². The number of rotatable bonds is 9. The maximum Gasteiger partial charge on any atom is 0.262 e. The summed E-state index contributed by atoms with van der Waals surface area (Å²) in [5.74, 6) is 0.398. The van der Waals surface area contributed by atoms with E-state index in [1.165, 1.54) is 11.0 Å². The summed E-state index contributed by atoms with van der Waals surface area (Å²) in [6.07, 6.45) is 1.48. The summed E-state index contributed by atoms with van der Waals surface area (Å²) < 4.78 is 18.4. The van der Waals surface area contributed by atoms with Crippen molar-refractivity contribution >= 4 is 28.3 Å². The molecule has 0 bridgehead atoms. The van der Waals surface area contributed by atoms with Gasteiger partial charge in [-0.3, -0.25) is 9.59 Å². The number of nitrogens with zero attached hydrogens (tertiary/aromatic N) is 4. The summed E-state index contributed by atoms with van der Waals surface area (Å²) in [7, 11) is 0. The van der Waals surface area contributed by atoms with Gasteiger partial charge in [0.15, 0.2) is 12.4 Å². The van der Waals surface area contributed by atoms with Gasteiger partial charge in [0, 0.05) is 10.9 Å². The van der Waals surface area contributed by atoms with E-state index in [2.05, 4.69) is 20.8 Å². The molecule has 1 amide bonds. The third kappa shape index (κ3) is 4.78. The van der Waals surface area contributed by atoms with Crippen LogP contribution in [0.4, 0.5) is 5.69 Å². The maximum atomic E-state index is 13.3. The maximum absolute atomic E-state index is 13.3. The van der Waals surface area contributed by atoms with Gasteiger partial charge in [-0.15, -0.1) is 5.10 Å². The lowest BCUT2D eigenvalue weighted by atomic mass is 10.1. The Bertz CT molecular complexity index is 1490. The number of para-hydroxylation sites is 1. The summed E-state index contributed by atoms with van der Waals surface area (Å²) in [4.78, 5) is 26.0. The average molecular weight is 483 g/mol. The third-order valence-electron chi connectivity index (χ3n) is 5.31. The lowest BCUT2D eigenvalue weighted by molar-refractivity contribution is -0.118. The zero-order valence-electron chi connectivity index (χ0n) is 19.2. The van der Waals surface area contributed by atoms with E-state index in [1.54, 1.807) is 72.8 Å². The zero-order valence-corrected chi connectivity index (χ0v) is 19.2. The minimum absolute atomic E-state index is 0.0412. The number of hydrogen-bond acceptors (Lipinski definition) is 8. The van der Waals surface area contributed by atoms with E-state index in [-0.39, 0.29) is 18.2 Å². The van der Waals surface area contributed by atoms with Crippen LogP contribution in [0.5, 0.6) is 11.5 Å². The monoisotopic (exact) mass is 483 g/mol. The molecule has 5 rings (SSSR count). The molecule has 0 aliphatic heterocycles. The summed E-state index contributed by atoms with van der Waals surface area (Å²) in [5.41, 5.74) is 1.94. The standard InChI is InChI=1S/C26H21N5O5/c1-2-34-19-11-7-17(8-12-19)25(33)26-24(21-5-3-4-6-22(21)36-26)28-23(32)15-35-20-13-9-18(10-14-20)31-16-27-29-30-31/h3-14,16H,2,15H2,1H3,(H,28,32). The highest BCUT2D eigenvalue weighted by atomic mass is 16.5. The zero-order chi connectivity index (χ0) is 24.9. The fourth-order valence-electron chi connectivity index (χ4n) is 3.63. The molecule has 2 heterocycles. The van der Waals surface area contributed by atoms with E-state index in [0.717, 1.165) is 5.69 Å². The van der Waals surface area contributed by atoms with E-state index < -0.39 is 5.91 Å². The fourth-order valence-corrected chi connectivity index (χ4v) is 3.63. The number of carbonyl (C=O) groups is 2. The lowest BCUT2D eigenvalue weighted by Gasteiger charge is -2.09. The predicted octanol–water partition coefficient (Wildman–Crippen LogP) is 4.06. The van der Waals surface area contributed by atoms with Gasteiger partial charge < -0.3 is 19.2 Å². The third-order valence-corrected chi connectivity index (χ3v) is 5.31. The topological polar surface area (TPSA) is 121 Å². The molecule has 5 aromatic rings. The van der Waals surface area contributed by atoms with Crippen LogP contribution in [0.25, 0.3) is 16.7 Å². The highest BCUT2D eigenvalue weighted by Gasteiger charge is 2.23. The van der Waals surface area contributed by atoms with Crippen molar-refractivity contribution in [2.24, 2.45) is 0 Å².